The fourth-order valence-electron chi connectivity index (χ4n) is 1.39. The molecule has 1 N–H and O–H groups in total. The van der Waals surface area contributed by atoms with Crippen molar-refractivity contribution in [1.82, 2.24) is 4.72 Å². The number of nitrogens with one attached hydrogen (secondary N) is 1. The second-order valence-corrected chi connectivity index (χ2v) is 6.60. The molecule has 1 aliphatic carbocycles. The molecule has 0 spiro atoms. The lowest BCUT2D eigenvalue weighted by Crippen LogP contribution is -2.26. The zero-order valence-corrected chi connectivity index (χ0v) is 11.8. The summed E-state index contributed by atoms with van der Waals surface area (Å²) in [6, 6.07) is 2.92. The molecule has 3 nitrogen and oxygen atoms in total. The average Bonchev–Trinajstić information content (AvgIpc) is 3.01. The first kappa shape index (κ1) is 13.4. The first-order chi connectivity index (χ1) is 7.95. The summed E-state index contributed by atoms with van der Waals surface area (Å²) in [4.78, 5) is 0.0334. The summed E-state index contributed by atoms with van der Waals surface area (Å²) in [5, 5.41) is 0.469. The molecule has 0 saturated heterocycles. The molecule has 94 valence electrons. The second kappa shape index (κ2) is 4.94. The van der Waals surface area contributed by atoms with Gasteiger partial charge in [0.2, 0.25) is 10.0 Å². The highest BCUT2D eigenvalue weighted by Crippen LogP contribution is 2.33. The second-order valence-electron chi connectivity index (χ2n) is 3.87. The van der Waals surface area contributed by atoms with Crippen LogP contribution in [0.3, 0.4) is 0 Å². The minimum atomic E-state index is -3.58. The molecule has 1 fully saturated rings. The number of alkyl halides is 1. The lowest BCUT2D eigenvalue weighted by molar-refractivity contribution is 0.581. The first-order valence-corrected chi connectivity index (χ1v) is 7.78. The fourth-order valence-corrected chi connectivity index (χ4v) is 4.02. The van der Waals surface area contributed by atoms with Crippen LogP contribution >= 0.6 is 34.8 Å². The third-order valence-corrected chi connectivity index (χ3v) is 5.20. The average molecular weight is 315 g/mol. The van der Waals surface area contributed by atoms with Gasteiger partial charge in [0, 0.05) is 16.6 Å². The van der Waals surface area contributed by atoms with Gasteiger partial charge in [-0.05, 0) is 25.0 Å². The molecule has 0 amide bonds. The van der Waals surface area contributed by atoms with Crippen LogP contribution < -0.4 is 4.72 Å². The van der Waals surface area contributed by atoms with Gasteiger partial charge < -0.3 is 0 Å². The molecule has 0 heterocycles. The van der Waals surface area contributed by atoms with Gasteiger partial charge in [0.1, 0.15) is 4.90 Å². The molecule has 2 rings (SSSR count). The topological polar surface area (TPSA) is 46.2 Å². The van der Waals surface area contributed by atoms with E-state index in [1.807, 2.05) is 0 Å². The standard InChI is InChI=1S/C10H10Cl3NO2S/c11-5-7-8(12)3-4-9(10(7)13)17(15,16)14-6-1-2-6/h3-4,6,14H,1-2,5H2. The number of rotatable bonds is 4. The highest BCUT2D eigenvalue weighted by atomic mass is 35.5. The van der Waals surface area contributed by atoms with E-state index < -0.39 is 10.0 Å². The highest BCUT2D eigenvalue weighted by Gasteiger charge is 2.30. The maximum atomic E-state index is 12.0. The summed E-state index contributed by atoms with van der Waals surface area (Å²) >= 11 is 17.6. The van der Waals surface area contributed by atoms with E-state index in [0.29, 0.717) is 10.6 Å². The molecule has 0 aliphatic heterocycles. The maximum absolute atomic E-state index is 12.0. The Balaban J connectivity index is 2.44. The Morgan fingerprint density at radius 1 is 1.29 bits per heavy atom. The molecule has 0 radical (unpaired) electrons. The zero-order chi connectivity index (χ0) is 12.6. The molecule has 7 heteroatoms. The van der Waals surface area contributed by atoms with Gasteiger partial charge in [0.15, 0.2) is 0 Å². The summed E-state index contributed by atoms with van der Waals surface area (Å²) in [7, 11) is -3.58. The van der Waals surface area contributed by atoms with Crippen molar-refractivity contribution >= 4 is 44.8 Å². The minimum absolute atomic E-state index is 0.0334. The van der Waals surface area contributed by atoms with Crippen molar-refractivity contribution in [1.29, 1.82) is 0 Å². The predicted molar refractivity (Wildman–Crippen MR) is 69.4 cm³/mol. The van der Waals surface area contributed by atoms with Gasteiger partial charge >= 0.3 is 0 Å². The Morgan fingerprint density at radius 2 is 1.94 bits per heavy atom. The zero-order valence-electron chi connectivity index (χ0n) is 8.71. The van der Waals surface area contributed by atoms with E-state index in [-0.39, 0.29) is 21.8 Å². The summed E-state index contributed by atoms with van der Waals surface area (Å²) in [6.07, 6.45) is 1.74. The van der Waals surface area contributed by atoms with E-state index in [4.69, 9.17) is 34.8 Å². The van der Waals surface area contributed by atoms with Crippen molar-refractivity contribution < 1.29 is 8.42 Å². The van der Waals surface area contributed by atoms with Crippen molar-refractivity contribution in [2.75, 3.05) is 0 Å². The van der Waals surface area contributed by atoms with Gasteiger partial charge in [-0.25, -0.2) is 13.1 Å². The van der Waals surface area contributed by atoms with E-state index in [1.165, 1.54) is 12.1 Å². The van der Waals surface area contributed by atoms with Crippen molar-refractivity contribution in [3.63, 3.8) is 0 Å². The third-order valence-electron chi connectivity index (χ3n) is 2.47. The number of hydrogen-bond donors (Lipinski definition) is 1. The fraction of sp³-hybridized carbons (Fsp3) is 0.400. The van der Waals surface area contributed by atoms with Gasteiger partial charge in [-0.1, -0.05) is 23.2 Å². The molecule has 1 aliphatic rings. The molecule has 0 aromatic heterocycles. The monoisotopic (exact) mass is 313 g/mol. The normalized spacial score (nSPS) is 16.2. The van der Waals surface area contributed by atoms with Crippen molar-refractivity contribution in [2.45, 2.75) is 29.7 Å². The van der Waals surface area contributed by atoms with E-state index in [1.54, 1.807) is 0 Å². The molecule has 1 saturated carbocycles. The summed E-state index contributed by atoms with van der Waals surface area (Å²) in [5.41, 5.74) is 0.439. The predicted octanol–water partition coefficient (Wildman–Crippen LogP) is 3.17. The highest BCUT2D eigenvalue weighted by molar-refractivity contribution is 7.89. The van der Waals surface area contributed by atoms with Gasteiger partial charge in [-0.3, -0.25) is 0 Å². The van der Waals surface area contributed by atoms with E-state index in [2.05, 4.69) is 4.72 Å². The van der Waals surface area contributed by atoms with E-state index in [0.717, 1.165) is 12.8 Å². The Kier molecular flexibility index (Phi) is 3.90. The SMILES string of the molecule is O=S(=O)(NC1CC1)c1ccc(Cl)c(CCl)c1Cl. The van der Waals surface area contributed by atoms with E-state index in [9.17, 15) is 8.42 Å². The van der Waals surface area contributed by atoms with E-state index >= 15 is 0 Å². The Hall–Kier alpha value is -0.000000000000000167. The van der Waals surface area contributed by atoms with Crippen molar-refractivity contribution in [3.8, 4) is 0 Å². The number of hydrogen-bond acceptors (Lipinski definition) is 2. The minimum Gasteiger partial charge on any atom is -0.208 e. The summed E-state index contributed by atoms with van der Waals surface area (Å²) < 4.78 is 26.6. The van der Waals surface area contributed by atoms with Crippen LogP contribution in [0.5, 0.6) is 0 Å². The lowest BCUT2D eigenvalue weighted by Gasteiger charge is -2.11. The number of halogens is 3. The molecular formula is C10H10Cl3NO2S. The number of sulfonamides is 1. The summed E-state index contributed by atoms with van der Waals surface area (Å²) in [6.45, 7) is 0. The van der Waals surface area contributed by atoms with Gasteiger partial charge in [0.25, 0.3) is 0 Å². The third kappa shape index (κ3) is 2.88. The van der Waals surface area contributed by atoms with Crippen LogP contribution in [0.1, 0.15) is 18.4 Å². The Labute approximate surface area is 115 Å². The quantitative estimate of drug-likeness (QED) is 0.868. The largest absolute Gasteiger partial charge is 0.242 e. The Bertz CT molecular complexity index is 541. The van der Waals surface area contributed by atoms with Crippen LogP contribution in [0, 0.1) is 0 Å². The van der Waals surface area contributed by atoms with Crippen LogP contribution in [-0.2, 0) is 15.9 Å². The van der Waals surface area contributed by atoms with Crippen molar-refractivity contribution in [2.24, 2.45) is 0 Å². The lowest BCUT2D eigenvalue weighted by atomic mass is 10.2. The van der Waals surface area contributed by atoms with Gasteiger partial charge in [-0.2, -0.15) is 0 Å². The van der Waals surface area contributed by atoms with Crippen LogP contribution in [-0.4, -0.2) is 14.5 Å². The number of benzene rings is 1. The molecular weight excluding hydrogens is 305 g/mol. The van der Waals surface area contributed by atoms with Gasteiger partial charge in [-0.15, -0.1) is 11.6 Å². The summed E-state index contributed by atoms with van der Waals surface area (Å²) in [5.74, 6) is 0.0739. The Morgan fingerprint density at radius 3 is 2.47 bits per heavy atom. The smallest absolute Gasteiger partial charge is 0.208 e. The molecule has 17 heavy (non-hydrogen) atoms. The van der Waals surface area contributed by atoms with Gasteiger partial charge in [0.05, 0.1) is 10.9 Å². The molecule has 1 aromatic rings. The maximum Gasteiger partial charge on any atom is 0.242 e. The van der Waals surface area contributed by atoms with Crippen LogP contribution in [0.25, 0.3) is 0 Å². The molecule has 0 atom stereocenters. The van der Waals surface area contributed by atoms with Crippen LogP contribution in [0.2, 0.25) is 10.0 Å². The van der Waals surface area contributed by atoms with Crippen LogP contribution in [0.15, 0.2) is 17.0 Å². The molecule has 1 aromatic carbocycles. The van der Waals surface area contributed by atoms with Crippen molar-refractivity contribution in [3.05, 3.63) is 27.7 Å². The molecule has 0 unspecified atom stereocenters. The van der Waals surface area contributed by atoms with Crippen LogP contribution in [0.4, 0.5) is 0 Å². The molecule has 0 bridgehead atoms. The first-order valence-electron chi connectivity index (χ1n) is 5.01.